The number of benzene rings is 3. The lowest BCUT2D eigenvalue weighted by Gasteiger charge is -2.29. The Hall–Kier alpha value is -3.78. The predicted octanol–water partition coefficient (Wildman–Crippen LogP) is 4.29. The molecule has 0 aliphatic rings. The highest BCUT2D eigenvalue weighted by molar-refractivity contribution is 5.52. The first-order chi connectivity index (χ1) is 16.6. The van der Waals surface area contributed by atoms with Crippen molar-refractivity contribution in [2.45, 2.75) is 12.2 Å². The Morgan fingerprint density at radius 3 is 1.68 bits per heavy atom. The number of para-hydroxylation sites is 3. The molecule has 34 heavy (non-hydrogen) atoms. The Kier molecular flexibility index (Phi) is 8.70. The summed E-state index contributed by atoms with van der Waals surface area (Å²) >= 11 is 0. The van der Waals surface area contributed by atoms with E-state index in [1.807, 2.05) is 18.2 Å². The van der Waals surface area contributed by atoms with Crippen LogP contribution in [0.5, 0.6) is 40.2 Å². The molecule has 3 rings (SSSR count). The van der Waals surface area contributed by atoms with Gasteiger partial charge in [-0.3, -0.25) is 0 Å². The molecule has 0 saturated heterocycles. The second kappa shape index (κ2) is 11.9. The van der Waals surface area contributed by atoms with Gasteiger partial charge in [-0.2, -0.15) is 0 Å². The third-order valence-corrected chi connectivity index (χ3v) is 5.23. The SMILES string of the molecule is COc1ccc(C(Oc2c(OC)cccc2OC)C(CO)Oc2ccccc2OC)cc1OC. The van der Waals surface area contributed by atoms with Crippen LogP contribution in [0.2, 0.25) is 0 Å². The fourth-order valence-corrected chi connectivity index (χ4v) is 3.52. The number of aliphatic hydroxyl groups is 1. The van der Waals surface area contributed by atoms with E-state index in [-0.39, 0.29) is 6.61 Å². The lowest BCUT2D eigenvalue weighted by molar-refractivity contribution is 0.0110. The van der Waals surface area contributed by atoms with E-state index >= 15 is 0 Å². The van der Waals surface area contributed by atoms with E-state index in [4.69, 9.17) is 33.2 Å². The van der Waals surface area contributed by atoms with Crippen molar-refractivity contribution in [3.8, 4) is 40.2 Å². The maximum Gasteiger partial charge on any atom is 0.204 e. The smallest absolute Gasteiger partial charge is 0.204 e. The molecule has 8 nitrogen and oxygen atoms in total. The molecule has 0 amide bonds. The molecular weight excluding hydrogens is 440 g/mol. The van der Waals surface area contributed by atoms with Gasteiger partial charge in [-0.25, -0.2) is 0 Å². The maximum absolute atomic E-state index is 10.4. The van der Waals surface area contributed by atoms with Gasteiger partial charge in [0, 0.05) is 5.56 Å². The molecule has 0 heterocycles. The van der Waals surface area contributed by atoms with Crippen molar-refractivity contribution < 1.29 is 38.3 Å². The van der Waals surface area contributed by atoms with Gasteiger partial charge in [0.1, 0.15) is 0 Å². The zero-order valence-corrected chi connectivity index (χ0v) is 19.9. The van der Waals surface area contributed by atoms with Gasteiger partial charge in [0.25, 0.3) is 0 Å². The number of methoxy groups -OCH3 is 5. The second-order valence-electron chi connectivity index (χ2n) is 7.13. The topological polar surface area (TPSA) is 84.8 Å². The van der Waals surface area contributed by atoms with Gasteiger partial charge in [0.15, 0.2) is 46.7 Å². The van der Waals surface area contributed by atoms with Gasteiger partial charge < -0.3 is 38.3 Å². The highest BCUT2D eigenvalue weighted by atomic mass is 16.6. The Bertz CT molecular complexity index is 1050. The minimum atomic E-state index is -0.830. The van der Waals surface area contributed by atoms with E-state index < -0.39 is 12.2 Å². The highest BCUT2D eigenvalue weighted by Gasteiger charge is 2.31. The summed E-state index contributed by atoms with van der Waals surface area (Å²) in [6, 6.07) is 17.9. The van der Waals surface area contributed by atoms with Crippen molar-refractivity contribution in [1.29, 1.82) is 0 Å². The van der Waals surface area contributed by atoms with Crippen LogP contribution in [0.1, 0.15) is 11.7 Å². The Balaban J connectivity index is 2.10. The molecule has 0 radical (unpaired) electrons. The van der Waals surface area contributed by atoms with Crippen LogP contribution in [-0.4, -0.2) is 53.4 Å². The van der Waals surface area contributed by atoms with E-state index in [0.29, 0.717) is 45.8 Å². The Morgan fingerprint density at radius 1 is 0.588 bits per heavy atom. The van der Waals surface area contributed by atoms with Crippen LogP contribution in [0.15, 0.2) is 60.7 Å². The summed E-state index contributed by atoms with van der Waals surface area (Å²) in [6.07, 6.45) is -1.62. The van der Waals surface area contributed by atoms with Crippen LogP contribution >= 0.6 is 0 Å². The van der Waals surface area contributed by atoms with E-state index in [2.05, 4.69) is 0 Å². The average molecular weight is 471 g/mol. The van der Waals surface area contributed by atoms with E-state index in [0.717, 1.165) is 0 Å². The number of aliphatic hydroxyl groups excluding tert-OH is 1. The first-order valence-corrected chi connectivity index (χ1v) is 10.6. The first-order valence-electron chi connectivity index (χ1n) is 10.6. The molecule has 3 aromatic carbocycles. The quantitative estimate of drug-likeness (QED) is 0.420. The molecule has 1 N–H and O–H groups in total. The van der Waals surface area contributed by atoms with Crippen LogP contribution in [0.25, 0.3) is 0 Å². The van der Waals surface area contributed by atoms with Crippen LogP contribution in [0.3, 0.4) is 0 Å². The molecule has 0 fully saturated rings. The number of rotatable bonds is 12. The third kappa shape index (κ3) is 5.40. The van der Waals surface area contributed by atoms with Gasteiger partial charge in [-0.05, 0) is 36.4 Å². The summed E-state index contributed by atoms with van der Waals surface area (Å²) in [5.74, 6) is 3.37. The van der Waals surface area contributed by atoms with Gasteiger partial charge in [0.2, 0.25) is 5.75 Å². The Labute approximate surface area is 199 Å². The largest absolute Gasteiger partial charge is 0.493 e. The summed E-state index contributed by atoms with van der Waals surface area (Å²) in [6.45, 7) is -0.353. The monoisotopic (exact) mass is 470 g/mol. The van der Waals surface area contributed by atoms with Crippen molar-refractivity contribution in [2.75, 3.05) is 42.2 Å². The zero-order valence-electron chi connectivity index (χ0n) is 19.9. The first kappa shape index (κ1) is 24.9. The fraction of sp³-hybridized carbons (Fsp3) is 0.308. The molecule has 0 saturated carbocycles. The lowest BCUT2D eigenvalue weighted by atomic mass is 10.0. The lowest BCUT2D eigenvalue weighted by Crippen LogP contribution is -2.33. The van der Waals surface area contributed by atoms with Crippen molar-refractivity contribution in [3.63, 3.8) is 0 Å². The molecule has 2 atom stereocenters. The normalized spacial score (nSPS) is 12.3. The van der Waals surface area contributed by atoms with Crippen LogP contribution in [0.4, 0.5) is 0 Å². The zero-order chi connectivity index (χ0) is 24.5. The molecule has 0 aliphatic heterocycles. The molecule has 0 aromatic heterocycles. The molecular formula is C26H30O8. The van der Waals surface area contributed by atoms with Gasteiger partial charge >= 0.3 is 0 Å². The van der Waals surface area contributed by atoms with E-state index in [1.165, 1.54) is 0 Å². The summed E-state index contributed by atoms with van der Waals surface area (Å²) in [4.78, 5) is 0. The van der Waals surface area contributed by atoms with Crippen molar-refractivity contribution in [1.82, 2.24) is 0 Å². The third-order valence-electron chi connectivity index (χ3n) is 5.23. The van der Waals surface area contributed by atoms with Crippen molar-refractivity contribution in [3.05, 3.63) is 66.2 Å². The van der Waals surface area contributed by atoms with E-state index in [1.54, 1.807) is 78.0 Å². The number of ether oxygens (including phenoxy) is 7. The summed E-state index contributed by atoms with van der Waals surface area (Å²) in [5.41, 5.74) is 0.680. The fourth-order valence-electron chi connectivity index (χ4n) is 3.52. The standard InChI is InChI=1S/C26H30O8/c1-28-18-9-6-7-10-20(18)33-24(16-27)25(17-13-14-19(29-2)23(15-17)32-5)34-26-21(30-3)11-8-12-22(26)31-4/h6-15,24-25,27H,16H2,1-5H3. The molecule has 3 aromatic rings. The van der Waals surface area contributed by atoms with Crippen LogP contribution in [-0.2, 0) is 0 Å². The molecule has 8 heteroatoms. The summed E-state index contributed by atoms with van der Waals surface area (Å²) < 4.78 is 39.9. The van der Waals surface area contributed by atoms with Crippen LogP contribution in [0, 0.1) is 0 Å². The number of hydrogen-bond acceptors (Lipinski definition) is 8. The molecule has 182 valence electrons. The summed E-state index contributed by atoms with van der Waals surface area (Å²) in [5, 5.41) is 10.4. The minimum absolute atomic E-state index is 0.353. The highest BCUT2D eigenvalue weighted by Crippen LogP contribution is 2.42. The van der Waals surface area contributed by atoms with Crippen molar-refractivity contribution in [2.24, 2.45) is 0 Å². The van der Waals surface area contributed by atoms with Gasteiger partial charge in [0.05, 0.1) is 42.2 Å². The minimum Gasteiger partial charge on any atom is -0.493 e. The van der Waals surface area contributed by atoms with Crippen molar-refractivity contribution >= 4 is 0 Å². The second-order valence-corrected chi connectivity index (χ2v) is 7.13. The molecule has 0 aliphatic carbocycles. The molecule has 0 spiro atoms. The Morgan fingerprint density at radius 2 is 1.12 bits per heavy atom. The maximum atomic E-state index is 10.4. The number of hydrogen-bond donors (Lipinski definition) is 1. The predicted molar refractivity (Wildman–Crippen MR) is 127 cm³/mol. The van der Waals surface area contributed by atoms with Crippen LogP contribution < -0.4 is 33.2 Å². The summed E-state index contributed by atoms with van der Waals surface area (Å²) in [7, 11) is 7.75. The molecule has 0 bridgehead atoms. The van der Waals surface area contributed by atoms with Gasteiger partial charge in [-0.1, -0.05) is 24.3 Å². The molecule has 2 unspecified atom stereocenters. The average Bonchev–Trinajstić information content (AvgIpc) is 2.90. The van der Waals surface area contributed by atoms with Gasteiger partial charge in [-0.15, -0.1) is 0 Å². The van der Waals surface area contributed by atoms with E-state index in [9.17, 15) is 5.11 Å².